The third-order valence-corrected chi connectivity index (χ3v) is 4.19. The minimum absolute atomic E-state index is 0.801. The van der Waals surface area contributed by atoms with Gasteiger partial charge in [0.25, 0.3) is 0 Å². The number of rotatable bonds is 3. The maximum absolute atomic E-state index is 4.64. The zero-order chi connectivity index (χ0) is 16.0. The van der Waals surface area contributed by atoms with Gasteiger partial charge in [0.2, 0.25) is 0 Å². The number of aryl methyl sites for hydroxylation is 3. The van der Waals surface area contributed by atoms with Gasteiger partial charge in [0.15, 0.2) is 5.65 Å². The van der Waals surface area contributed by atoms with Gasteiger partial charge in [-0.2, -0.15) is 10.2 Å². The molecule has 1 aromatic carbocycles. The number of fused-ring (bicyclic) bond motifs is 1. The van der Waals surface area contributed by atoms with Crippen LogP contribution in [0, 0.1) is 13.8 Å². The molecule has 0 spiro atoms. The van der Waals surface area contributed by atoms with Crippen molar-refractivity contribution in [2.45, 2.75) is 27.3 Å². The van der Waals surface area contributed by atoms with Crippen molar-refractivity contribution in [1.29, 1.82) is 0 Å². The van der Waals surface area contributed by atoms with E-state index in [9.17, 15) is 0 Å². The van der Waals surface area contributed by atoms with E-state index in [1.807, 2.05) is 28.0 Å². The second kappa shape index (κ2) is 5.08. The third kappa shape index (κ3) is 2.23. The lowest BCUT2D eigenvalue weighted by Gasteiger charge is -2.04. The molecule has 0 saturated heterocycles. The van der Waals surface area contributed by atoms with Gasteiger partial charge in [0, 0.05) is 12.7 Å². The Morgan fingerprint density at radius 2 is 1.96 bits per heavy atom. The Kier molecular flexibility index (Phi) is 3.04. The fourth-order valence-corrected chi connectivity index (χ4v) is 2.67. The van der Waals surface area contributed by atoms with Crippen LogP contribution in [-0.4, -0.2) is 29.5 Å². The summed E-state index contributed by atoms with van der Waals surface area (Å²) < 4.78 is 3.75. The molecule has 0 radical (unpaired) electrons. The fourth-order valence-electron chi connectivity index (χ4n) is 2.67. The number of benzene rings is 1. The number of nitrogens with one attached hydrogen (secondary N) is 1. The van der Waals surface area contributed by atoms with E-state index in [-0.39, 0.29) is 0 Å². The molecule has 0 saturated carbocycles. The molecular weight excluding hydrogens is 288 g/mol. The van der Waals surface area contributed by atoms with Crippen molar-refractivity contribution < 1.29 is 0 Å². The van der Waals surface area contributed by atoms with Crippen molar-refractivity contribution >= 4 is 11.2 Å². The van der Waals surface area contributed by atoms with Crippen molar-refractivity contribution in [3.8, 4) is 17.1 Å². The minimum atomic E-state index is 0.801. The van der Waals surface area contributed by atoms with Crippen molar-refractivity contribution in [3.63, 3.8) is 0 Å². The molecule has 0 unspecified atom stereocenters. The Bertz CT molecular complexity index is 988. The zero-order valence-electron chi connectivity index (χ0n) is 13.4. The first-order valence-electron chi connectivity index (χ1n) is 7.70. The molecule has 4 aromatic rings. The minimum Gasteiger partial charge on any atom is -0.335 e. The lowest BCUT2D eigenvalue weighted by molar-refractivity contribution is 0.677. The van der Waals surface area contributed by atoms with Crippen LogP contribution >= 0.6 is 0 Å². The average Bonchev–Trinajstić information content (AvgIpc) is 3.23. The highest BCUT2D eigenvalue weighted by molar-refractivity contribution is 5.75. The lowest BCUT2D eigenvalue weighted by atomic mass is 10.1. The third-order valence-electron chi connectivity index (χ3n) is 4.19. The topological polar surface area (TPSA) is 64.3 Å². The predicted molar refractivity (Wildman–Crippen MR) is 89.6 cm³/mol. The first kappa shape index (κ1) is 13.8. The molecule has 0 atom stereocenters. The Morgan fingerprint density at radius 3 is 2.74 bits per heavy atom. The maximum Gasteiger partial charge on any atom is 0.176 e. The van der Waals surface area contributed by atoms with Crippen molar-refractivity contribution in [1.82, 2.24) is 29.5 Å². The molecule has 116 valence electrons. The van der Waals surface area contributed by atoms with Gasteiger partial charge in [-0.25, -0.2) is 14.3 Å². The second-order valence-electron chi connectivity index (χ2n) is 5.73. The molecule has 0 amide bonds. The maximum atomic E-state index is 4.64. The summed E-state index contributed by atoms with van der Waals surface area (Å²) in [5.74, 6) is 0.815. The van der Waals surface area contributed by atoms with Crippen LogP contribution in [0.15, 0.2) is 36.8 Å². The molecule has 3 aromatic heterocycles. The predicted octanol–water partition coefficient (Wildman–Crippen LogP) is 3.25. The van der Waals surface area contributed by atoms with E-state index in [1.165, 1.54) is 11.1 Å². The number of aromatic amines is 1. The van der Waals surface area contributed by atoms with Crippen LogP contribution in [0.3, 0.4) is 0 Å². The van der Waals surface area contributed by atoms with E-state index in [0.29, 0.717) is 0 Å². The summed E-state index contributed by atoms with van der Waals surface area (Å²) >= 11 is 0. The highest BCUT2D eigenvalue weighted by Gasteiger charge is 2.12. The van der Waals surface area contributed by atoms with Gasteiger partial charge < -0.3 is 4.98 Å². The number of nitrogens with zero attached hydrogens (tertiary/aromatic N) is 5. The van der Waals surface area contributed by atoms with E-state index >= 15 is 0 Å². The van der Waals surface area contributed by atoms with E-state index < -0.39 is 0 Å². The Hall–Kier alpha value is -2.89. The Balaban J connectivity index is 1.73. The first-order chi connectivity index (χ1) is 11.2. The van der Waals surface area contributed by atoms with Gasteiger partial charge in [0.05, 0.1) is 23.6 Å². The van der Waals surface area contributed by atoms with Crippen LogP contribution in [0.5, 0.6) is 0 Å². The molecule has 0 aliphatic carbocycles. The number of hydrogen-bond acceptors (Lipinski definition) is 3. The zero-order valence-corrected chi connectivity index (χ0v) is 13.4. The first-order valence-corrected chi connectivity index (χ1v) is 7.70. The standard InChI is InChI=1S/C17H18N6/c1-4-22-17-15(9-19-22)20-16(21-17)13-8-18-23(10-13)14-6-5-11(2)12(3)7-14/h5-10H,4H2,1-3H3,(H,20,21). The van der Waals surface area contributed by atoms with Crippen molar-refractivity contribution in [2.75, 3.05) is 0 Å². The smallest absolute Gasteiger partial charge is 0.176 e. The van der Waals surface area contributed by atoms with Crippen molar-refractivity contribution in [3.05, 3.63) is 47.9 Å². The quantitative estimate of drug-likeness (QED) is 0.632. The van der Waals surface area contributed by atoms with Crippen LogP contribution in [0.1, 0.15) is 18.1 Å². The molecule has 23 heavy (non-hydrogen) atoms. The van der Waals surface area contributed by atoms with Gasteiger partial charge in [-0.15, -0.1) is 0 Å². The van der Waals surface area contributed by atoms with Crippen LogP contribution < -0.4 is 0 Å². The number of imidazole rings is 1. The largest absolute Gasteiger partial charge is 0.335 e. The van der Waals surface area contributed by atoms with Gasteiger partial charge in [-0.3, -0.25) is 0 Å². The highest BCUT2D eigenvalue weighted by atomic mass is 15.3. The second-order valence-corrected chi connectivity index (χ2v) is 5.73. The van der Waals surface area contributed by atoms with Gasteiger partial charge in [0.1, 0.15) is 11.3 Å². The van der Waals surface area contributed by atoms with E-state index in [0.717, 1.165) is 34.8 Å². The van der Waals surface area contributed by atoms with E-state index in [1.54, 1.807) is 0 Å². The van der Waals surface area contributed by atoms with Gasteiger partial charge >= 0.3 is 0 Å². The number of hydrogen-bond donors (Lipinski definition) is 1. The molecule has 6 heteroatoms. The Labute approximate surface area is 133 Å². The number of aromatic nitrogens is 6. The molecular formula is C17H18N6. The Morgan fingerprint density at radius 1 is 1.09 bits per heavy atom. The summed E-state index contributed by atoms with van der Waals surface area (Å²) in [6.45, 7) is 7.08. The van der Waals surface area contributed by atoms with Crippen LogP contribution in [0.2, 0.25) is 0 Å². The molecule has 1 N–H and O–H groups in total. The highest BCUT2D eigenvalue weighted by Crippen LogP contribution is 2.21. The van der Waals surface area contributed by atoms with E-state index in [4.69, 9.17) is 0 Å². The van der Waals surface area contributed by atoms with Crippen LogP contribution in [-0.2, 0) is 6.54 Å². The van der Waals surface area contributed by atoms with Crippen molar-refractivity contribution in [2.24, 2.45) is 0 Å². The van der Waals surface area contributed by atoms with Gasteiger partial charge in [-0.05, 0) is 44.0 Å². The van der Waals surface area contributed by atoms with E-state index in [2.05, 4.69) is 59.1 Å². The average molecular weight is 306 g/mol. The summed E-state index contributed by atoms with van der Waals surface area (Å²) in [6.07, 6.45) is 5.63. The molecule has 0 aliphatic rings. The van der Waals surface area contributed by atoms with Crippen LogP contribution in [0.4, 0.5) is 0 Å². The normalized spacial score (nSPS) is 11.4. The summed E-state index contributed by atoms with van der Waals surface area (Å²) in [4.78, 5) is 7.95. The molecule has 4 rings (SSSR count). The molecule has 6 nitrogen and oxygen atoms in total. The molecule has 0 bridgehead atoms. The van der Waals surface area contributed by atoms with Crippen LogP contribution in [0.25, 0.3) is 28.2 Å². The monoisotopic (exact) mass is 306 g/mol. The molecule has 3 heterocycles. The lowest BCUT2D eigenvalue weighted by Crippen LogP contribution is -1.96. The summed E-state index contributed by atoms with van der Waals surface area (Å²) in [6, 6.07) is 6.33. The summed E-state index contributed by atoms with van der Waals surface area (Å²) in [5, 5.41) is 8.75. The number of H-pyrrole nitrogens is 1. The summed E-state index contributed by atoms with van der Waals surface area (Å²) in [7, 11) is 0. The fraction of sp³-hybridized carbons (Fsp3) is 0.235. The van der Waals surface area contributed by atoms with Gasteiger partial charge in [-0.1, -0.05) is 6.07 Å². The SMILES string of the molecule is CCn1ncc2[nH]c(-c3cnn(-c4ccc(C)c(C)c4)c3)nc21. The molecule has 0 aliphatic heterocycles. The summed E-state index contributed by atoms with van der Waals surface area (Å²) in [5.41, 5.74) is 6.37. The molecule has 0 fully saturated rings.